The van der Waals surface area contributed by atoms with E-state index in [1.165, 1.54) is 0 Å². The predicted molar refractivity (Wildman–Crippen MR) is 83.7 cm³/mol. The highest BCUT2D eigenvalue weighted by Crippen LogP contribution is 2.18. The summed E-state index contributed by atoms with van der Waals surface area (Å²) < 4.78 is 5.66. The van der Waals surface area contributed by atoms with Gasteiger partial charge in [0.2, 0.25) is 5.43 Å². The van der Waals surface area contributed by atoms with Crippen LogP contribution in [0.5, 0.6) is 0 Å². The third-order valence-electron chi connectivity index (χ3n) is 3.53. The molecule has 0 saturated carbocycles. The van der Waals surface area contributed by atoms with Crippen molar-refractivity contribution >= 4 is 16.9 Å². The highest BCUT2D eigenvalue weighted by Gasteiger charge is 2.27. The van der Waals surface area contributed by atoms with Crippen LogP contribution in [-0.4, -0.2) is 22.9 Å². The number of nitrogens with zero attached hydrogens (tertiary/aromatic N) is 1. The quantitative estimate of drug-likeness (QED) is 0.869. The monoisotopic (exact) mass is 287 g/mol. The molecule has 0 aliphatic carbocycles. The average Bonchev–Trinajstić information content (AvgIpc) is 2.37. The first-order valence-corrected chi connectivity index (χ1v) is 7.19. The Morgan fingerprint density at radius 1 is 1.10 bits per heavy atom. The number of amides is 1. The van der Waals surface area contributed by atoms with Crippen molar-refractivity contribution in [3.8, 4) is 0 Å². The Balaban J connectivity index is 2.66. The number of hydrogen-bond acceptors (Lipinski definition) is 3. The minimum Gasteiger partial charge on any atom is -0.460 e. The first-order chi connectivity index (χ1) is 9.84. The SMILES string of the molecule is Cc1oc2ccccc2c(=O)c1C(=O)N(C(C)C)C(C)C. The second-order valence-electron chi connectivity index (χ2n) is 5.76. The van der Waals surface area contributed by atoms with E-state index in [1.54, 1.807) is 36.1 Å². The molecule has 2 rings (SSSR count). The smallest absolute Gasteiger partial charge is 0.261 e. The van der Waals surface area contributed by atoms with E-state index in [2.05, 4.69) is 0 Å². The minimum absolute atomic E-state index is 0.0165. The molecule has 0 fully saturated rings. The third kappa shape index (κ3) is 2.71. The summed E-state index contributed by atoms with van der Waals surface area (Å²) in [6.45, 7) is 9.43. The number of aryl methyl sites for hydroxylation is 1. The summed E-state index contributed by atoms with van der Waals surface area (Å²) in [5.41, 5.74) is 0.388. The Labute approximate surface area is 124 Å². The van der Waals surface area contributed by atoms with Crippen LogP contribution in [0.1, 0.15) is 43.8 Å². The molecule has 0 bridgehead atoms. The van der Waals surface area contributed by atoms with Gasteiger partial charge in [-0.3, -0.25) is 9.59 Å². The molecule has 1 aromatic heterocycles. The molecule has 0 aliphatic heterocycles. The number of carbonyl (C=O) groups excluding carboxylic acids is 1. The van der Waals surface area contributed by atoms with Crippen LogP contribution >= 0.6 is 0 Å². The molecule has 1 amide bonds. The molecule has 112 valence electrons. The number of benzene rings is 1. The van der Waals surface area contributed by atoms with Gasteiger partial charge in [-0.05, 0) is 46.8 Å². The maximum Gasteiger partial charge on any atom is 0.261 e. The van der Waals surface area contributed by atoms with E-state index in [0.29, 0.717) is 16.7 Å². The summed E-state index contributed by atoms with van der Waals surface area (Å²) >= 11 is 0. The summed E-state index contributed by atoms with van der Waals surface area (Å²) in [7, 11) is 0. The summed E-state index contributed by atoms with van der Waals surface area (Å²) in [4.78, 5) is 27.1. The van der Waals surface area contributed by atoms with Crippen LogP contribution in [0.15, 0.2) is 33.5 Å². The zero-order valence-electron chi connectivity index (χ0n) is 13.1. The lowest BCUT2D eigenvalue weighted by atomic mass is 10.1. The molecule has 0 saturated heterocycles. The van der Waals surface area contributed by atoms with E-state index >= 15 is 0 Å². The van der Waals surface area contributed by atoms with Crippen molar-refractivity contribution in [2.75, 3.05) is 0 Å². The van der Waals surface area contributed by atoms with Crippen molar-refractivity contribution < 1.29 is 9.21 Å². The molecule has 0 aliphatic rings. The molecule has 4 heteroatoms. The van der Waals surface area contributed by atoms with E-state index in [0.717, 1.165) is 0 Å². The van der Waals surface area contributed by atoms with Gasteiger partial charge in [0, 0.05) is 12.1 Å². The van der Waals surface area contributed by atoms with Crippen LogP contribution in [-0.2, 0) is 0 Å². The van der Waals surface area contributed by atoms with Gasteiger partial charge in [0.05, 0.1) is 5.39 Å². The van der Waals surface area contributed by atoms with E-state index in [4.69, 9.17) is 4.42 Å². The molecular weight excluding hydrogens is 266 g/mol. The number of carbonyl (C=O) groups is 1. The van der Waals surface area contributed by atoms with Crippen molar-refractivity contribution in [3.05, 3.63) is 45.8 Å². The topological polar surface area (TPSA) is 50.5 Å². The van der Waals surface area contributed by atoms with Crippen LogP contribution in [0.4, 0.5) is 0 Å². The number of hydrogen-bond donors (Lipinski definition) is 0. The van der Waals surface area contributed by atoms with Gasteiger partial charge in [0.1, 0.15) is 16.9 Å². The molecule has 0 radical (unpaired) electrons. The minimum atomic E-state index is -0.267. The Kier molecular flexibility index (Phi) is 4.16. The van der Waals surface area contributed by atoms with E-state index < -0.39 is 0 Å². The third-order valence-corrected chi connectivity index (χ3v) is 3.53. The largest absolute Gasteiger partial charge is 0.460 e. The van der Waals surface area contributed by atoms with Crippen molar-refractivity contribution in [1.29, 1.82) is 0 Å². The molecule has 0 N–H and O–H groups in total. The van der Waals surface area contributed by atoms with Gasteiger partial charge in [-0.1, -0.05) is 12.1 Å². The van der Waals surface area contributed by atoms with Crippen molar-refractivity contribution in [2.45, 2.75) is 46.7 Å². The molecule has 4 nitrogen and oxygen atoms in total. The normalized spacial score (nSPS) is 11.4. The Hall–Kier alpha value is -2.10. The fourth-order valence-electron chi connectivity index (χ4n) is 2.70. The van der Waals surface area contributed by atoms with E-state index in [9.17, 15) is 9.59 Å². The van der Waals surface area contributed by atoms with Gasteiger partial charge in [-0.15, -0.1) is 0 Å². The maximum atomic E-state index is 12.8. The van der Waals surface area contributed by atoms with Gasteiger partial charge in [0.25, 0.3) is 5.91 Å². The highest BCUT2D eigenvalue weighted by atomic mass is 16.3. The zero-order valence-corrected chi connectivity index (χ0v) is 13.1. The number of rotatable bonds is 3. The molecule has 0 unspecified atom stereocenters. The fourth-order valence-corrected chi connectivity index (χ4v) is 2.70. The maximum absolute atomic E-state index is 12.8. The van der Waals surface area contributed by atoms with Crippen molar-refractivity contribution in [1.82, 2.24) is 4.90 Å². The second-order valence-corrected chi connectivity index (χ2v) is 5.76. The van der Waals surface area contributed by atoms with Crippen LogP contribution in [0, 0.1) is 6.92 Å². The lowest BCUT2D eigenvalue weighted by molar-refractivity contribution is 0.0639. The fraction of sp³-hybridized carbons (Fsp3) is 0.412. The lowest BCUT2D eigenvalue weighted by Gasteiger charge is -2.30. The van der Waals surface area contributed by atoms with Crippen molar-refractivity contribution in [3.63, 3.8) is 0 Å². The van der Waals surface area contributed by atoms with Crippen LogP contribution in [0.3, 0.4) is 0 Å². The molecule has 2 aromatic rings. The second kappa shape index (κ2) is 5.72. The Morgan fingerprint density at radius 3 is 2.24 bits per heavy atom. The Morgan fingerprint density at radius 2 is 1.67 bits per heavy atom. The first kappa shape index (κ1) is 15.3. The van der Waals surface area contributed by atoms with Gasteiger partial charge in [0.15, 0.2) is 0 Å². The first-order valence-electron chi connectivity index (χ1n) is 7.19. The highest BCUT2D eigenvalue weighted by molar-refractivity contribution is 5.98. The zero-order chi connectivity index (χ0) is 15.7. The van der Waals surface area contributed by atoms with Crippen LogP contribution in [0.2, 0.25) is 0 Å². The summed E-state index contributed by atoms with van der Waals surface area (Å²) in [5, 5.41) is 0.443. The van der Waals surface area contributed by atoms with Crippen molar-refractivity contribution in [2.24, 2.45) is 0 Å². The summed E-state index contributed by atoms with van der Waals surface area (Å²) in [5.74, 6) is 0.104. The van der Waals surface area contributed by atoms with E-state index in [-0.39, 0.29) is 29.0 Å². The number of fused-ring (bicyclic) bond motifs is 1. The molecule has 21 heavy (non-hydrogen) atoms. The Bertz CT molecular complexity index is 720. The molecule has 0 spiro atoms. The summed E-state index contributed by atoms with van der Waals surface area (Å²) in [6.07, 6.45) is 0. The lowest BCUT2D eigenvalue weighted by Crippen LogP contribution is -2.44. The van der Waals surface area contributed by atoms with Gasteiger partial charge in [-0.25, -0.2) is 0 Å². The molecule has 0 atom stereocenters. The standard InChI is InChI=1S/C17H21NO3/c1-10(2)18(11(3)4)17(20)15-12(5)21-14-9-7-6-8-13(14)16(15)19/h6-11H,1-5H3. The van der Waals surface area contributed by atoms with E-state index in [1.807, 2.05) is 27.7 Å². The molecule has 1 aromatic carbocycles. The van der Waals surface area contributed by atoms with Gasteiger partial charge < -0.3 is 9.32 Å². The molecule has 1 heterocycles. The predicted octanol–water partition coefficient (Wildman–Crippen LogP) is 3.36. The van der Waals surface area contributed by atoms with Crippen LogP contribution < -0.4 is 5.43 Å². The van der Waals surface area contributed by atoms with Gasteiger partial charge in [-0.2, -0.15) is 0 Å². The van der Waals surface area contributed by atoms with Gasteiger partial charge >= 0.3 is 0 Å². The number of para-hydroxylation sites is 1. The van der Waals surface area contributed by atoms with Crippen LogP contribution in [0.25, 0.3) is 11.0 Å². The molecular formula is C17H21NO3. The summed E-state index contributed by atoms with van der Waals surface area (Å²) in [6, 6.07) is 7.03. The average molecular weight is 287 g/mol.